The molecule has 0 spiro atoms. The first-order valence-electron chi connectivity index (χ1n) is 8.01. The Kier molecular flexibility index (Phi) is 4.89. The average Bonchev–Trinajstić information content (AvgIpc) is 3.10. The minimum absolute atomic E-state index is 0.0501. The molecule has 1 aromatic heterocycles. The lowest BCUT2D eigenvalue weighted by atomic mass is 10.2. The molecule has 1 atom stereocenters. The van der Waals surface area contributed by atoms with Gasteiger partial charge in [0.05, 0.1) is 31.9 Å². The standard InChI is InChI=1S/C16H22N2O3S2/c1-13-2-3-15(22-13)4-5-16(19)18-9-7-17(8-10-18)14-6-11-23(20,21)12-14/h2-5,14H,6-12H2,1H3/p+1/b5-4+/t14-/m0/s1. The van der Waals surface area contributed by atoms with E-state index in [1.165, 1.54) is 9.78 Å². The molecule has 2 saturated heterocycles. The van der Waals surface area contributed by atoms with Crippen LogP contribution in [0.4, 0.5) is 0 Å². The number of sulfone groups is 1. The van der Waals surface area contributed by atoms with Crippen LogP contribution < -0.4 is 4.90 Å². The number of quaternary nitrogens is 1. The second-order valence-electron chi connectivity index (χ2n) is 6.37. The van der Waals surface area contributed by atoms with Crippen molar-refractivity contribution in [2.45, 2.75) is 19.4 Å². The number of nitrogens with one attached hydrogen (secondary N) is 1. The van der Waals surface area contributed by atoms with Gasteiger partial charge in [-0.25, -0.2) is 8.42 Å². The van der Waals surface area contributed by atoms with Gasteiger partial charge in [0.25, 0.3) is 0 Å². The highest BCUT2D eigenvalue weighted by Gasteiger charge is 2.37. The summed E-state index contributed by atoms with van der Waals surface area (Å²) >= 11 is 1.67. The maximum absolute atomic E-state index is 12.2. The third-order valence-electron chi connectivity index (χ3n) is 4.68. The quantitative estimate of drug-likeness (QED) is 0.776. The number of aryl methyl sites for hydroxylation is 1. The van der Waals surface area contributed by atoms with Crippen LogP contribution in [0.1, 0.15) is 16.2 Å². The molecule has 23 heavy (non-hydrogen) atoms. The van der Waals surface area contributed by atoms with Gasteiger partial charge < -0.3 is 9.80 Å². The van der Waals surface area contributed by atoms with Crippen LogP contribution in [0.25, 0.3) is 6.08 Å². The molecule has 0 aromatic carbocycles. The Bertz CT molecular complexity index is 701. The predicted octanol–water partition coefficient (Wildman–Crippen LogP) is -0.0161. The molecule has 0 bridgehead atoms. The van der Waals surface area contributed by atoms with E-state index in [-0.39, 0.29) is 11.9 Å². The van der Waals surface area contributed by atoms with Gasteiger partial charge in [0.15, 0.2) is 9.84 Å². The van der Waals surface area contributed by atoms with Crippen molar-refractivity contribution in [2.24, 2.45) is 0 Å². The molecule has 126 valence electrons. The summed E-state index contributed by atoms with van der Waals surface area (Å²) in [6, 6.07) is 4.29. The first-order chi connectivity index (χ1) is 10.9. The fraction of sp³-hybridized carbons (Fsp3) is 0.562. The van der Waals surface area contributed by atoms with Gasteiger partial charge in [0.2, 0.25) is 5.91 Å². The first-order valence-corrected chi connectivity index (χ1v) is 10.7. The van der Waals surface area contributed by atoms with Gasteiger partial charge in [-0.05, 0) is 25.1 Å². The van der Waals surface area contributed by atoms with Gasteiger partial charge in [-0.1, -0.05) is 0 Å². The van der Waals surface area contributed by atoms with Crippen molar-refractivity contribution in [3.05, 3.63) is 28.0 Å². The number of thiophene rings is 1. The Hall–Kier alpha value is -1.18. The average molecular weight is 356 g/mol. The topological polar surface area (TPSA) is 58.9 Å². The highest BCUT2D eigenvalue weighted by molar-refractivity contribution is 7.91. The van der Waals surface area contributed by atoms with E-state index >= 15 is 0 Å². The fourth-order valence-corrected chi connectivity index (χ4v) is 5.95. The van der Waals surface area contributed by atoms with Crippen LogP contribution in [0.2, 0.25) is 0 Å². The van der Waals surface area contributed by atoms with E-state index in [0.29, 0.717) is 24.6 Å². The second kappa shape index (κ2) is 6.75. The van der Waals surface area contributed by atoms with Gasteiger partial charge in [-0.15, -0.1) is 11.3 Å². The van der Waals surface area contributed by atoms with Crippen molar-refractivity contribution < 1.29 is 18.1 Å². The Balaban J connectivity index is 1.50. The molecule has 2 aliphatic rings. The van der Waals surface area contributed by atoms with E-state index in [1.807, 2.05) is 23.1 Å². The van der Waals surface area contributed by atoms with E-state index in [0.717, 1.165) is 24.4 Å². The highest BCUT2D eigenvalue weighted by atomic mass is 32.2. The number of carbonyl (C=O) groups excluding carboxylic acids is 1. The van der Waals surface area contributed by atoms with Crippen molar-refractivity contribution in [3.63, 3.8) is 0 Å². The van der Waals surface area contributed by atoms with Gasteiger partial charge >= 0.3 is 0 Å². The zero-order chi connectivity index (χ0) is 16.4. The van der Waals surface area contributed by atoms with E-state index < -0.39 is 9.84 Å². The van der Waals surface area contributed by atoms with Crippen LogP contribution in [-0.2, 0) is 14.6 Å². The molecule has 0 aliphatic carbocycles. The maximum Gasteiger partial charge on any atom is 0.247 e. The molecular formula is C16H23N2O3S2+. The molecule has 1 N–H and O–H groups in total. The Morgan fingerprint density at radius 1 is 1.35 bits per heavy atom. The summed E-state index contributed by atoms with van der Waals surface area (Å²) in [5.41, 5.74) is 0. The normalized spacial score (nSPS) is 25.3. The Morgan fingerprint density at radius 3 is 2.65 bits per heavy atom. The van der Waals surface area contributed by atoms with Crippen molar-refractivity contribution in [1.29, 1.82) is 0 Å². The number of rotatable bonds is 3. The lowest BCUT2D eigenvalue weighted by Crippen LogP contribution is -3.18. The monoisotopic (exact) mass is 355 g/mol. The minimum atomic E-state index is -2.82. The number of hydrogen-bond acceptors (Lipinski definition) is 4. The van der Waals surface area contributed by atoms with Crippen molar-refractivity contribution in [3.8, 4) is 0 Å². The SMILES string of the molecule is Cc1ccc(/C=C/C(=O)N2CC[NH+]([C@H]3CCS(=O)(=O)C3)CC2)s1. The Morgan fingerprint density at radius 2 is 2.09 bits per heavy atom. The fourth-order valence-electron chi connectivity index (χ4n) is 3.34. The molecule has 3 heterocycles. The summed E-state index contributed by atoms with van der Waals surface area (Å²) in [7, 11) is -2.82. The number of nitrogens with zero attached hydrogens (tertiary/aromatic N) is 1. The van der Waals surface area contributed by atoms with Crippen LogP contribution in [0.3, 0.4) is 0 Å². The van der Waals surface area contributed by atoms with Gasteiger partial charge in [-0.2, -0.15) is 0 Å². The third kappa shape index (κ3) is 4.22. The molecule has 1 aromatic rings. The number of carbonyl (C=O) groups is 1. The maximum atomic E-state index is 12.2. The second-order valence-corrected chi connectivity index (χ2v) is 9.91. The summed E-state index contributed by atoms with van der Waals surface area (Å²) in [5, 5.41) is 0. The van der Waals surface area contributed by atoms with E-state index in [4.69, 9.17) is 0 Å². The molecule has 0 saturated carbocycles. The molecule has 7 heteroatoms. The van der Waals surface area contributed by atoms with Crippen LogP contribution in [0.5, 0.6) is 0 Å². The molecule has 1 amide bonds. The predicted molar refractivity (Wildman–Crippen MR) is 92.4 cm³/mol. The van der Waals surface area contributed by atoms with Crippen LogP contribution in [-0.4, -0.2) is 63.0 Å². The lowest BCUT2D eigenvalue weighted by Gasteiger charge is -2.34. The van der Waals surface area contributed by atoms with Gasteiger partial charge in [-0.3, -0.25) is 4.79 Å². The summed E-state index contributed by atoms with van der Waals surface area (Å²) in [6.45, 7) is 5.15. The third-order valence-corrected chi connectivity index (χ3v) is 7.41. The smallest absolute Gasteiger partial charge is 0.247 e. The molecule has 0 radical (unpaired) electrons. The summed E-state index contributed by atoms with van der Waals surface area (Å²) in [6.07, 6.45) is 4.29. The molecule has 5 nitrogen and oxygen atoms in total. The van der Waals surface area contributed by atoms with E-state index in [2.05, 4.69) is 6.92 Å². The van der Waals surface area contributed by atoms with Gasteiger partial charge in [0.1, 0.15) is 11.8 Å². The van der Waals surface area contributed by atoms with E-state index in [1.54, 1.807) is 17.4 Å². The summed E-state index contributed by atoms with van der Waals surface area (Å²) in [4.78, 5) is 17.8. The molecule has 0 unspecified atom stereocenters. The molecular weight excluding hydrogens is 332 g/mol. The van der Waals surface area contributed by atoms with Crippen LogP contribution in [0.15, 0.2) is 18.2 Å². The van der Waals surface area contributed by atoms with Crippen LogP contribution in [0, 0.1) is 6.92 Å². The van der Waals surface area contributed by atoms with Gasteiger partial charge in [0, 0.05) is 22.3 Å². The number of amides is 1. The first kappa shape index (κ1) is 16.7. The number of hydrogen-bond donors (Lipinski definition) is 1. The summed E-state index contributed by atoms with van der Waals surface area (Å²) in [5.74, 6) is 0.690. The zero-order valence-corrected chi connectivity index (χ0v) is 15.0. The Labute approximate surface area is 141 Å². The lowest BCUT2D eigenvalue weighted by molar-refractivity contribution is -0.925. The van der Waals surface area contributed by atoms with Crippen LogP contribution >= 0.6 is 11.3 Å². The van der Waals surface area contributed by atoms with Crippen molar-refractivity contribution in [1.82, 2.24) is 4.90 Å². The highest BCUT2D eigenvalue weighted by Crippen LogP contribution is 2.16. The van der Waals surface area contributed by atoms with Crippen molar-refractivity contribution >= 4 is 33.2 Å². The van der Waals surface area contributed by atoms with Crippen molar-refractivity contribution in [2.75, 3.05) is 37.7 Å². The zero-order valence-electron chi connectivity index (χ0n) is 13.3. The molecule has 2 aliphatic heterocycles. The largest absolute Gasteiger partial charge is 0.329 e. The molecule has 3 rings (SSSR count). The molecule has 2 fully saturated rings. The summed E-state index contributed by atoms with van der Waals surface area (Å²) < 4.78 is 23.2. The minimum Gasteiger partial charge on any atom is -0.329 e. The van der Waals surface area contributed by atoms with E-state index in [9.17, 15) is 13.2 Å². The number of piperazine rings is 1.